The van der Waals surface area contributed by atoms with Crippen molar-refractivity contribution in [2.75, 3.05) is 6.61 Å². The molecule has 0 aromatic rings. The monoisotopic (exact) mass is 406 g/mol. The van der Waals surface area contributed by atoms with Crippen molar-refractivity contribution in [1.29, 1.82) is 0 Å². The summed E-state index contributed by atoms with van der Waals surface area (Å²) in [5.41, 5.74) is -0.538. The molecule has 29 heavy (non-hydrogen) atoms. The van der Waals surface area contributed by atoms with Crippen molar-refractivity contribution < 1.29 is 28.7 Å². The molecular weight excluding hydrogens is 372 g/mol. The molecule has 6 atom stereocenters. The average molecular weight is 407 g/mol. The highest BCUT2D eigenvalue weighted by Crippen LogP contribution is 2.64. The molecule has 0 aromatic heterocycles. The molecule has 0 heterocycles. The Hall–Kier alpha value is -1.72. The predicted molar refractivity (Wildman–Crippen MR) is 106 cm³/mol. The van der Waals surface area contributed by atoms with Crippen molar-refractivity contribution in [1.82, 2.24) is 0 Å². The van der Waals surface area contributed by atoms with Crippen LogP contribution in [0.1, 0.15) is 79.1 Å². The van der Waals surface area contributed by atoms with E-state index in [-0.39, 0.29) is 36.1 Å². The SMILES string of the molecule is CCOC(=O)OC(=O)CC[C@@]1(C)C(=O)CC[C@@H]2C1CC[C@@]1(C)C2CC[C@@H]1C(C)=O. The van der Waals surface area contributed by atoms with E-state index in [1.54, 1.807) is 13.8 Å². The molecule has 3 rings (SSSR count). The maximum absolute atomic E-state index is 13.0. The summed E-state index contributed by atoms with van der Waals surface area (Å²) >= 11 is 0. The summed E-state index contributed by atoms with van der Waals surface area (Å²) in [6.45, 7) is 7.77. The van der Waals surface area contributed by atoms with Crippen molar-refractivity contribution in [2.45, 2.75) is 79.1 Å². The van der Waals surface area contributed by atoms with E-state index in [1.165, 1.54) is 0 Å². The highest BCUT2D eigenvalue weighted by atomic mass is 16.7. The predicted octanol–water partition coefficient (Wildman–Crippen LogP) is 4.48. The van der Waals surface area contributed by atoms with Gasteiger partial charge in [0.15, 0.2) is 0 Å². The van der Waals surface area contributed by atoms with Gasteiger partial charge in [0, 0.05) is 24.2 Å². The largest absolute Gasteiger partial charge is 0.516 e. The fourth-order valence-corrected chi connectivity index (χ4v) is 6.92. The fraction of sp³-hybridized carbons (Fsp3) is 0.826. The summed E-state index contributed by atoms with van der Waals surface area (Å²) in [7, 11) is 0. The van der Waals surface area contributed by atoms with Gasteiger partial charge in [-0.15, -0.1) is 0 Å². The van der Waals surface area contributed by atoms with Crippen molar-refractivity contribution in [2.24, 2.45) is 34.5 Å². The molecular formula is C23H34O6. The molecule has 0 radical (unpaired) electrons. The van der Waals surface area contributed by atoms with E-state index < -0.39 is 17.5 Å². The van der Waals surface area contributed by atoms with E-state index in [4.69, 9.17) is 0 Å². The summed E-state index contributed by atoms with van der Waals surface area (Å²) in [6, 6.07) is 0. The maximum atomic E-state index is 13.0. The number of rotatable bonds is 5. The zero-order chi connectivity index (χ0) is 21.4. The van der Waals surface area contributed by atoms with Gasteiger partial charge in [0.1, 0.15) is 11.6 Å². The van der Waals surface area contributed by atoms with E-state index in [1.807, 2.05) is 6.92 Å². The third-order valence-electron chi connectivity index (χ3n) is 8.40. The Morgan fingerprint density at radius 2 is 1.79 bits per heavy atom. The van der Waals surface area contributed by atoms with Crippen LogP contribution in [0.25, 0.3) is 0 Å². The minimum Gasteiger partial charge on any atom is -0.434 e. The molecule has 3 aliphatic carbocycles. The molecule has 0 spiro atoms. The number of carbonyl (C=O) groups is 4. The van der Waals surface area contributed by atoms with Crippen molar-refractivity contribution >= 4 is 23.7 Å². The summed E-state index contributed by atoms with van der Waals surface area (Å²) in [5.74, 6) is 1.12. The molecule has 3 fully saturated rings. The Bertz CT molecular complexity index is 699. The summed E-state index contributed by atoms with van der Waals surface area (Å²) in [4.78, 5) is 48.6. The average Bonchev–Trinajstić information content (AvgIpc) is 3.01. The first-order valence-electron chi connectivity index (χ1n) is 11.0. The van der Waals surface area contributed by atoms with Crippen LogP contribution in [0.15, 0.2) is 0 Å². The molecule has 6 nitrogen and oxygen atoms in total. The smallest absolute Gasteiger partial charge is 0.434 e. The van der Waals surface area contributed by atoms with Gasteiger partial charge in [0.25, 0.3) is 0 Å². The van der Waals surface area contributed by atoms with Gasteiger partial charge in [-0.2, -0.15) is 0 Å². The molecule has 3 saturated carbocycles. The van der Waals surface area contributed by atoms with E-state index in [2.05, 4.69) is 16.4 Å². The van der Waals surface area contributed by atoms with Gasteiger partial charge in [-0.3, -0.25) is 14.4 Å². The van der Waals surface area contributed by atoms with E-state index >= 15 is 0 Å². The third-order valence-corrected chi connectivity index (χ3v) is 8.40. The van der Waals surface area contributed by atoms with Gasteiger partial charge in [0.2, 0.25) is 0 Å². The number of carbonyl (C=O) groups excluding carboxylic acids is 4. The second-order valence-electron chi connectivity index (χ2n) is 9.70. The van der Waals surface area contributed by atoms with Gasteiger partial charge in [-0.05, 0) is 75.5 Å². The van der Waals surface area contributed by atoms with Gasteiger partial charge < -0.3 is 9.47 Å². The Kier molecular flexibility index (Phi) is 6.21. The second kappa shape index (κ2) is 8.19. The Morgan fingerprint density at radius 1 is 1.07 bits per heavy atom. The number of ketones is 2. The third kappa shape index (κ3) is 3.87. The van der Waals surface area contributed by atoms with E-state index in [0.29, 0.717) is 30.5 Å². The lowest BCUT2D eigenvalue weighted by Gasteiger charge is -2.55. The Morgan fingerprint density at radius 3 is 2.45 bits per heavy atom. The van der Waals surface area contributed by atoms with Crippen LogP contribution >= 0.6 is 0 Å². The van der Waals surface area contributed by atoms with E-state index in [9.17, 15) is 19.2 Å². The standard InChI is InChI=1S/C23H34O6/c1-5-28-21(27)29-20(26)11-13-23(4)18-10-12-22(3)16(14(2)24)7-8-17(22)15(18)6-9-19(23)25/h15-18H,5-13H2,1-4H3/t15-,16+,17?,18?,22+,23+/m0/s1. The van der Waals surface area contributed by atoms with Gasteiger partial charge in [0.05, 0.1) is 6.61 Å². The number of hydrogen-bond acceptors (Lipinski definition) is 6. The van der Waals surface area contributed by atoms with Crippen LogP contribution in [0.3, 0.4) is 0 Å². The second-order valence-corrected chi connectivity index (χ2v) is 9.70. The molecule has 0 amide bonds. The molecule has 0 N–H and O–H groups in total. The molecule has 6 heteroatoms. The van der Waals surface area contributed by atoms with Crippen LogP contribution in [0.4, 0.5) is 4.79 Å². The number of esters is 1. The first-order chi connectivity index (χ1) is 13.6. The minimum atomic E-state index is -0.981. The molecule has 3 aliphatic rings. The first-order valence-corrected chi connectivity index (χ1v) is 11.0. The normalized spacial score (nSPS) is 38.7. The van der Waals surface area contributed by atoms with Crippen LogP contribution < -0.4 is 0 Å². The van der Waals surface area contributed by atoms with Gasteiger partial charge in [-0.25, -0.2) is 4.79 Å². The molecule has 0 aromatic carbocycles. The zero-order valence-corrected chi connectivity index (χ0v) is 18.1. The lowest BCUT2D eigenvalue weighted by molar-refractivity contribution is -0.150. The Balaban J connectivity index is 1.72. The van der Waals surface area contributed by atoms with Crippen LogP contribution in [0.5, 0.6) is 0 Å². The van der Waals surface area contributed by atoms with Crippen molar-refractivity contribution in [3.8, 4) is 0 Å². The van der Waals surface area contributed by atoms with Crippen LogP contribution in [-0.2, 0) is 23.9 Å². The number of ether oxygens (including phenoxy) is 2. The summed E-state index contributed by atoms with van der Waals surface area (Å²) < 4.78 is 9.32. The molecule has 0 saturated heterocycles. The summed E-state index contributed by atoms with van der Waals surface area (Å²) in [6.07, 6.45) is 4.74. The van der Waals surface area contributed by atoms with Crippen LogP contribution in [-0.4, -0.2) is 30.3 Å². The van der Waals surface area contributed by atoms with Crippen LogP contribution in [0, 0.1) is 34.5 Å². The lowest BCUT2D eigenvalue weighted by Crippen LogP contribution is -2.52. The fourth-order valence-electron chi connectivity index (χ4n) is 6.92. The molecule has 162 valence electrons. The van der Waals surface area contributed by atoms with E-state index in [0.717, 1.165) is 32.1 Å². The zero-order valence-electron chi connectivity index (χ0n) is 18.1. The van der Waals surface area contributed by atoms with Gasteiger partial charge in [-0.1, -0.05) is 13.8 Å². The maximum Gasteiger partial charge on any atom is 0.516 e. The summed E-state index contributed by atoms with van der Waals surface area (Å²) in [5, 5.41) is 0. The molecule has 0 aliphatic heterocycles. The minimum absolute atomic E-state index is 0.0300. The molecule has 0 bridgehead atoms. The number of hydrogen-bond donors (Lipinski definition) is 0. The topological polar surface area (TPSA) is 86.7 Å². The highest BCUT2D eigenvalue weighted by molar-refractivity contribution is 5.87. The lowest BCUT2D eigenvalue weighted by atomic mass is 9.48. The van der Waals surface area contributed by atoms with Gasteiger partial charge >= 0.3 is 12.1 Å². The number of Topliss-reactive ketones (excluding diaryl/α,β-unsaturated/α-hetero) is 2. The van der Waals surface area contributed by atoms with Crippen molar-refractivity contribution in [3.63, 3.8) is 0 Å². The number of fused-ring (bicyclic) bond motifs is 3. The first kappa shape index (κ1) is 22.0. The van der Waals surface area contributed by atoms with Crippen molar-refractivity contribution in [3.05, 3.63) is 0 Å². The van der Waals surface area contributed by atoms with Crippen LogP contribution in [0.2, 0.25) is 0 Å². The highest BCUT2D eigenvalue weighted by Gasteiger charge is 2.60. The molecule has 2 unspecified atom stereocenters. The Labute approximate surface area is 173 Å². The quantitative estimate of drug-likeness (QED) is 0.494.